The van der Waals surface area contributed by atoms with Crippen molar-refractivity contribution in [2.24, 2.45) is 0 Å². The Kier molecular flexibility index (Phi) is 5.08. The number of non-ortho nitro benzene ring substituents is 1. The van der Waals surface area contributed by atoms with Crippen LogP contribution in [0, 0.1) is 15.9 Å². The van der Waals surface area contributed by atoms with Crippen molar-refractivity contribution in [1.29, 1.82) is 0 Å². The zero-order chi connectivity index (χ0) is 16.8. The molecule has 0 aromatic heterocycles. The molecule has 0 fully saturated rings. The number of nitrogens with zero attached hydrogens (tertiary/aromatic N) is 1. The van der Waals surface area contributed by atoms with E-state index in [4.69, 9.17) is 9.47 Å². The van der Waals surface area contributed by atoms with E-state index in [1.54, 1.807) is 0 Å². The number of nitro groups is 1. The number of rotatable bonds is 6. The van der Waals surface area contributed by atoms with E-state index < -0.39 is 23.3 Å². The second-order valence-electron chi connectivity index (χ2n) is 4.44. The van der Waals surface area contributed by atoms with Crippen LogP contribution in [0.5, 0.6) is 11.5 Å². The minimum Gasteiger partial charge on any atom is -0.493 e. The summed E-state index contributed by atoms with van der Waals surface area (Å²) in [6, 6.07) is 9.18. The molecule has 2 rings (SSSR count). The Hall–Kier alpha value is -3.16. The van der Waals surface area contributed by atoms with Gasteiger partial charge in [0.1, 0.15) is 5.82 Å². The highest BCUT2D eigenvalue weighted by atomic mass is 19.1. The first kappa shape index (κ1) is 16.2. The van der Waals surface area contributed by atoms with Crippen molar-refractivity contribution >= 4 is 17.3 Å². The van der Waals surface area contributed by atoms with Crippen LogP contribution in [0.1, 0.15) is 0 Å². The molecule has 8 heteroatoms. The Balaban J connectivity index is 2.03. The molecule has 0 heterocycles. The summed E-state index contributed by atoms with van der Waals surface area (Å²) in [7, 11) is 1.38. The molecular weight excluding hydrogens is 307 g/mol. The number of benzene rings is 2. The van der Waals surface area contributed by atoms with Crippen LogP contribution < -0.4 is 14.8 Å². The number of halogens is 1. The van der Waals surface area contributed by atoms with E-state index in [-0.39, 0.29) is 22.9 Å². The normalized spacial score (nSPS) is 10.0. The van der Waals surface area contributed by atoms with Crippen LogP contribution in [0.4, 0.5) is 15.8 Å². The van der Waals surface area contributed by atoms with Crippen molar-refractivity contribution in [1.82, 2.24) is 0 Å². The monoisotopic (exact) mass is 320 g/mol. The molecule has 1 N–H and O–H groups in total. The summed E-state index contributed by atoms with van der Waals surface area (Å²) in [6.45, 7) is -0.409. The Morgan fingerprint density at radius 3 is 2.70 bits per heavy atom. The number of nitrogens with one attached hydrogen (secondary N) is 1. The number of ether oxygens (including phenoxy) is 2. The van der Waals surface area contributed by atoms with Gasteiger partial charge in [-0.25, -0.2) is 4.39 Å². The molecule has 7 nitrogen and oxygen atoms in total. The van der Waals surface area contributed by atoms with Gasteiger partial charge in [0.05, 0.1) is 18.1 Å². The highest BCUT2D eigenvalue weighted by Crippen LogP contribution is 2.31. The number of hydrogen-bond acceptors (Lipinski definition) is 5. The summed E-state index contributed by atoms with van der Waals surface area (Å²) in [6.07, 6.45) is 0. The molecule has 0 spiro atoms. The zero-order valence-electron chi connectivity index (χ0n) is 12.1. The first-order valence-corrected chi connectivity index (χ1v) is 6.50. The standard InChI is InChI=1S/C15H13FN2O5/c1-22-13-6-5-12(18(20)21)8-14(13)23-9-15(19)17-11-4-2-3-10(16)7-11/h2-8H,9H2,1H3,(H,17,19). The Morgan fingerprint density at radius 1 is 1.26 bits per heavy atom. The molecule has 120 valence electrons. The lowest BCUT2D eigenvalue weighted by Crippen LogP contribution is -2.20. The summed E-state index contributed by atoms with van der Waals surface area (Å²) >= 11 is 0. The van der Waals surface area contributed by atoms with Crippen LogP contribution in [-0.2, 0) is 4.79 Å². The van der Waals surface area contributed by atoms with Crippen LogP contribution >= 0.6 is 0 Å². The summed E-state index contributed by atoms with van der Waals surface area (Å²) in [5.41, 5.74) is 0.0935. The number of hydrogen-bond donors (Lipinski definition) is 1. The summed E-state index contributed by atoms with van der Waals surface area (Å²) < 4.78 is 23.3. The molecule has 0 aliphatic carbocycles. The maximum atomic E-state index is 13.0. The van der Waals surface area contributed by atoms with Crippen LogP contribution in [0.3, 0.4) is 0 Å². The fourth-order valence-electron chi connectivity index (χ4n) is 1.80. The predicted octanol–water partition coefficient (Wildman–Crippen LogP) is 2.76. The third-order valence-corrected chi connectivity index (χ3v) is 2.83. The van der Waals surface area contributed by atoms with Gasteiger partial charge >= 0.3 is 0 Å². The molecule has 0 radical (unpaired) electrons. The van der Waals surface area contributed by atoms with Gasteiger partial charge in [-0.3, -0.25) is 14.9 Å². The highest BCUT2D eigenvalue weighted by Gasteiger charge is 2.14. The second-order valence-corrected chi connectivity index (χ2v) is 4.44. The SMILES string of the molecule is COc1ccc([N+](=O)[O-])cc1OCC(=O)Nc1cccc(F)c1. The lowest BCUT2D eigenvalue weighted by atomic mass is 10.3. The van der Waals surface area contributed by atoms with Crippen molar-refractivity contribution < 1.29 is 23.6 Å². The van der Waals surface area contributed by atoms with E-state index in [2.05, 4.69) is 5.32 Å². The van der Waals surface area contributed by atoms with Gasteiger partial charge in [0.25, 0.3) is 11.6 Å². The van der Waals surface area contributed by atoms with E-state index in [0.29, 0.717) is 0 Å². The van der Waals surface area contributed by atoms with Crippen molar-refractivity contribution in [3.8, 4) is 11.5 Å². The Labute approximate surface area is 130 Å². The zero-order valence-corrected chi connectivity index (χ0v) is 12.1. The largest absolute Gasteiger partial charge is 0.493 e. The van der Waals surface area contributed by atoms with Crippen LogP contribution in [0.15, 0.2) is 42.5 Å². The van der Waals surface area contributed by atoms with E-state index >= 15 is 0 Å². The van der Waals surface area contributed by atoms with E-state index in [0.717, 1.165) is 12.1 Å². The molecule has 0 aliphatic rings. The number of amides is 1. The topological polar surface area (TPSA) is 90.7 Å². The minimum atomic E-state index is -0.584. The van der Waals surface area contributed by atoms with E-state index in [1.807, 2.05) is 0 Å². The average molecular weight is 320 g/mol. The number of nitro benzene ring substituents is 1. The van der Waals surface area contributed by atoms with Gasteiger partial charge in [-0.1, -0.05) is 6.07 Å². The van der Waals surface area contributed by atoms with Gasteiger partial charge in [-0.2, -0.15) is 0 Å². The molecule has 0 unspecified atom stereocenters. The van der Waals surface area contributed by atoms with Gasteiger partial charge in [0.2, 0.25) is 0 Å². The summed E-state index contributed by atoms with van der Waals surface area (Å²) in [5.74, 6) is -0.696. The molecule has 0 atom stereocenters. The maximum Gasteiger partial charge on any atom is 0.273 e. The lowest BCUT2D eigenvalue weighted by Gasteiger charge is -2.10. The van der Waals surface area contributed by atoms with Crippen molar-refractivity contribution in [3.63, 3.8) is 0 Å². The fourth-order valence-corrected chi connectivity index (χ4v) is 1.80. The van der Waals surface area contributed by atoms with Gasteiger partial charge in [0.15, 0.2) is 18.1 Å². The van der Waals surface area contributed by atoms with Crippen molar-refractivity contribution in [2.75, 3.05) is 19.0 Å². The minimum absolute atomic E-state index is 0.0658. The number of carbonyl (C=O) groups is 1. The molecule has 2 aromatic carbocycles. The molecule has 23 heavy (non-hydrogen) atoms. The van der Waals surface area contributed by atoms with Gasteiger partial charge < -0.3 is 14.8 Å². The third-order valence-electron chi connectivity index (χ3n) is 2.83. The molecular formula is C15H13FN2O5. The fraction of sp³-hybridized carbons (Fsp3) is 0.133. The highest BCUT2D eigenvalue weighted by molar-refractivity contribution is 5.91. The lowest BCUT2D eigenvalue weighted by molar-refractivity contribution is -0.385. The number of carbonyl (C=O) groups excluding carboxylic acids is 1. The molecule has 0 bridgehead atoms. The second kappa shape index (κ2) is 7.21. The van der Waals surface area contributed by atoms with Gasteiger partial charge in [-0.15, -0.1) is 0 Å². The molecule has 2 aromatic rings. The Bertz CT molecular complexity index is 736. The Morgan fingerprint density at radius 2 is 2.04 bits per heavy atom. The van der Waals surface area contributed by atoms with E-state index in [1.165, 1.54) is 37.4 Å². The van der Waals surface area contributed by atoms with Crippen LogP contribution in [0.25, 0.3) is 0 Å². The number of methoxy groups -OCH3 is 1. The van der Waals surface area contributed by atoms with Crippen LogP contribution in [-0.4, -0.2) is 24.5 Å². The van der Waals surface area contributed by atoms with Gasteiger partial charge in [-0.05, 0) is 24.3 Å². The van der Waals surface area contributed by atoms with Crippen LogP contribution in [0.2, 0.25) is 0 Å². The van der Waals surface area contributed by atoms with E-state index in [9.17, 15) is 19.3 Å². The smallest absolute Gasteiger partial charge is 0.273 e. The molecule has 0 saturated carbocycles. The average Bonchev–Trinajstić information content (AvgIpc) is 2.52. The predicted molar refractivity (Wildman–Crippen MR) is 80.2 cm³/mol. The first-order valence-electron chi connectivity index (χ1n) is 6.50. The summed E-state index contributed by atoms with van der Waals surface area (Å²) in [4.78, 5) is 22.0. The maximum absolute atomic E-state index is 13.0. The summed E-state index contributed by atoms with van der Waals surface area (Å²) in [5, 5.41) is 13.2. The quantitative estimate of drug-likeness (QED) is 0.653. The molecule has 1 amide bonds. The van der Waals surface area contributed by atoms with Crippen molar-refractivity contribution in [2.45, 2.75) is 0 Å². The van der Waals surface area contributed by atoms with Gasteiger partial charge in [0, 0.05) is 11.8 Å². The molecule has 0 aliphatic heterocycles. The first-order chi connectivity index (χ1) is 11.0. The molecule has 0 saturated heterocycles. The third kappa shape index (κ3) is 4.40. The number of anilines is 1. The van der Waals surface area contributed by atoms with Crippen molar-refractivity contribution in [3.05, 3.63) is 58.4 Å².